The van der Waals surface area contributed by atoms with Crippen LogP contribution in [-0.4, -0.2) is 63.9 Å². The minimum absolute atomic E-state index is 0.138. The third-order valence-corrected chi connectivity index (χ3v) is 6.86. The molecule has 1 aliphatic rings. The number of rotatable bonds is 9. The lowest BCUT2D eigenvalue weighted by Gasteiger charge is -2.30. The Kier molecular flexibility index (Phi) is 7.48. The van der Waals surface area contributed by atoms with Crippen LogP contribution in [0, 0.1) is 5.82 Å². The van der Waals surface area contributed by atoms with E-state index in [-0.39, 0.29) is 18.9 Å². The molecule has 0 bridgehead atoms. The van der Waals surface area contributed by atoms with Gasteiger partial charge < -0.3 is 19.1 Å². The Hall–Kier alpha value is -2.85. The van der Waals surface area contributed by atoms with Crippen LogP contribution in [0.4, 0.5) is 4.39 Å². The Morgan fingerprint density at radius 1 is 1.12 bits per heavy atom. The second-order valence-electron chi connectivity index (χ2n) is 8.04. The van der Waals surface area contributed by atoms with Crippen LogP contribution in [0.3, 0.4) is 0 Å². The molecule has 0 saturated carbocycles. The molecule has 33 heavy (non-hydrogen) atoms. The Morgan fingerprint density at radius 2 is 1.76 bits per heavy atom. The summed E-state index contributed by atoms with van der Waals surface area (Å²) >= 11 is 0. The first kappa shape index (κ1) is 24.8. The third-order valence-electron chi connectivity index (χ3n) is 6.06. The van der Waals surface area contributed by atoms with Crippen molar-refractivity contribution < 1.29 is 36.4 Å². The van der Waals surface area contributed by atoms with Crippen molar-refractivity contribution in [2.24, 2.45) is 0 Å². The van der Waals surface area contributed by atoms with Gasteiger partial charge in [0, 0.05) is 24.1 Å². The van der Waals surface area contributed by atoms with Gasteiger partial charge in [-0.25, -0.2) is 4.39 Å². The third kappa shape index (κ3) is 5.39. The van der Waals surface area contributed by atoms with Crippen LogP contribution in [0.25, 0.3) is 0 Å². The molecule has 0 radical (unpaired) electrons. The first-order valence-corrected chi connectivity index (χ1v) is 12.0. The lowest BCUT2D eigenvalue weighted by molar-refractivity contribution is 0.0781. The highest BCUT2D eigenvalue weighted by molar-refractivity contribution is 7.85. The van der Waals surface area contributed by atoms with E-state index in [1.54, 1.807) is 35.2 Å². The van der Waals surface area contributed by atoms with Gasteiger partial charge in [-0.3, -0.25) is 9.35 Å². The maximum Gasteiger partial charge on any atom is 0.264 e. The Labute approximate surface area is 193 Å². The molecular formula is C23H28FNO7S. The predicted molar refractivity (Wildman–Crippen MR) is 120 cm³/mol. The van der Waals surface area contributed by atoms with Gasteiger partial charge >= 0.3 is 0 Å². The molecule has 1 unspecified atom stereocenters. The van der Waals surface area contributed by atoms with Crippen molar-refractivity contribution in [1.82, 2.24) is 4.90 Å². The Balaban J connectivity index is 1.92. The zero-order valence-corrected chi connectivity index (χ0v) is 19.7. The van der Waals surface area contributed by atoms with E-state index in [0.29, 0.717) is 47.8 Å². The molecule has 0 spiro atoms. The van der Waals surface area contributed by atoms with Gasteiger partial charge in [-0.2, -0.15) is 8.42 Å². The van der Waals surface area contributed by atoms with Crippen LogP contribution in [0.5, 0.6) is 17.2 Å². The first-order valence-electron chi connectivity index (χ1n) is 10.4. The largest absolute Gasteiger partial charge is 0.493 e. The van der Waals surface area contributed by atoms with E-state index in [1.165, 1.54) is 27.4 Å². The quantitative estimate of drug-likeness (QED) is 0.548. The van der Waals surface area contributed by atoms with Crippen molar-refractivity contribution in [3.8, 4) is 17.2 Å². The van der Waals surface area contributed by atoms with Gasteiger partial charge in [0.1, 0.15) is 5.82 Å². The van der Waals surface area contributed by atoms with Gasteiger partial charge in [-0.1, -0.05) is 18.2 Å². The van der Waals surface area contributed by atoms with E-state index >= 15 is 0 Å². The van der Waals surface area contributed by atoms with E-state index in [4.69, 9.17) is 18.8 Å². The van der Waals surface area contributed by atoms with Crippen LogP contribution in [0.2, 0.25) is 0 Å². The molecule has 0 aromatic heterocycles. The van der Waals surface area contributed by atoms with E-state index < -0.39 is 27.1 Å². The van der Waals surface area contributed by atoms with Crippen LogP contribution < -0.4 is 14.2 Å². The van der Waals surface area contributed by atoms with E-state index in [2.05, 4.69) is 0 Å². The summed E-state index contributed by atoms with van der Waals surface area (Å²) in [5.41, 5.74) is -0.0147. The second-order valence-corrected chi connectivity index (χ2v) is 9.61. The fraction of sp³-hybridized carbons (Fsp3) is 0.435. The minimum atomic E-state index is -4.14. The number of methoxy groups -OCH3 is 3. The van der Waals surface area contributed by atoms with Crippen molar-refractivity contribution in [3.63, 3.8) is 0 Å². The molecule has 1 amide bonds. The molecule has 1 aliphatic heterocycles. The number of amides is 1. The maximum absolute atomic E-state index is 14.8. The first-order chi connectivity index (χ1) is 15.6. The van der Waals surface area contributed by atoms with Gasteiger partial charge in [0.2, 0.25) is 5.75 Å². The highest BCUT2D eigenvalue weighted by Gasteiger charge is 2.43. The number of nitrogens with zero attached hydrogens (tertiary/aromatic N) is 1. The normalized spacial score (nSPS) is 18.3. The van der Waals surface area contributed by atoms with Crippen molar-refractivity contribution in [1.29, 1.82) is 0 Å². The molecule has 10 heteroatoms. The molecule has 180 valence electrons. The van der Waals surface area contributed by atoms with Crippen molar-refractivity contribution in [2.45, 2.75) is 24.7 Å². The Morgan fingerprint density at radius 3 is 2.30 bits per heavy atom. The minimum Gasteiger partial charge on any atom is -0.493 e. The summed E-state index contributed by atoms with van der Waals surface area (Å²) in [6, 6.07) is 9.43. The number of hydrogen-bond acceptors (Lipinski definition) is 6. The summed E-state index contributed by atoms with van der Waals surface area (Å²) < 4.78 is 62.3. The zero-order valence-electron chi connectivity index (χ0n) is 18.8. The maximum atomic E-state index is 14.8. The number of benzene rings is 2. The number of carbonyl (C=O) groups is 1. The molecule has 2 aromatic carbocycles. The van der Waals surface area contributed by atoms with Crippen molar-refractivity contribution in [3.05, 3.63) is 53.3 Å². The van der Waals surface area contributed by atoms with Gasteiger partial charge in [-0.15, -0.1) is 0 Å². The standard InChI is InChI=1S/C23H28FNO7S/c1-30-19-13-16(14-20(31-2)21(19)32-3)22(26)25-11-10-23(15-25,9-6-12-33(27,28)29)17-7-4-5-8-18(17)24/h4-5,7-8,13-14H,6,9-12,15H2,1-3H3,(H,27,28,29). The summed E-state index contributed by atoms with van der Waals surface area (Å²) in [7, 11) is 0.243. The molecule has 8 nitrogen and oxygen atoms in total. The molecule has 1 N–H and O–H groups in total. The number of likely N-dealkylation sites (tertiary alicyclic amines) is 1. The van der Waals surface area contributed by atoms with E-state index in [0.717, 1.165) is 0 Å². The number of ether oxygens (including phenoxy) is 3. The predicted octanol–water partition coefficient (Wildman–Crippen LogP) is 3.30. The fourth-order valence-electron chi connectivity index (χ4n) is 4.48. The molecule has 0 aliphatic carbocycles. The Bertz CT molecular complexity index is 1100. The topological polar surface area (TPSA) is 102 Å². The van der Waals surface area contributed by atoms with Crippen molar-refractivity contribution >= 4 is 16.0 Å². The average Bonchev–Trinajstić information content (AvgIpc) is 3.22. The van der Waals surface area contributed by atoms with Crippen LogP contribution >= 0.6 is 0 Å². The smallest absolute Gasteiger partial charge is 0.264 e. The van der Waals surface area contributed by atoms with Gasteiger partial charge in [0.05, 0.1) is 27.1 Å². The number of halogens is 1. The van der Waals surface area contributed by atoms with Crippen molar-refractivity contribution in [2.75, 3.05) is 40.2 Å². The molecular weight excluding hydrogens is 453 g/mol. The summed E-state index contributed by atoms with van der Waals surface area (Å²) in [5.74, 6) is -0.0808. The van der Waals surface area contributed by atoms with Gasteiger partial charge in [-0.05, 0) is 43.0 Å². The molecule has 1 heterocycles. The van der Waals surface area contributed by atoms with E-state index in [9.17, 15) is 17.6 Å². The summed E-state index contributed by atoms with van der Waals surface area (Å²) in [6.07, 6.45) is 0.891. The molecule has 1 saturated heterocycles. The molecule has 3 rings (SSSR count). The lowest BCUT2D eigenvalue weighted by Crippen LogP contribution is -2.35. The number of hydrogen-bond donors (Lipinski definition) is 1. The second kappa shape index (κ2) is 9.96. The highest BCUT2D eigenvalue weighted by Crippen LogP contribution is 2.42. The summed E-state index contributed by atoms with van der Waals surface area (Å²) in [4.78, 5) is 15.0. The van der Waals surface area contributed by atoms with Crippen LogP contribution in [-0.2, 0) is 15.5 Å². The van der Waals surface area contributed by atoms with Gasteiger partial charge in [0.25, 0.3) is 16.0 Å². The van der Waals surface area contributed by atoms with E-state index in [1.807, 2.05) is 0 Å². The van der Waals surface area contributed by atoms with Crippen LogP contribution in [0.1, 0.15) is 35.2 Å². The molecule has 1 atom stereocenters. The monoisotopic (exact) mass is 481 g/mol. The highest BCUT2D eigenvalue weighted by atomic mass is 32.2. The average molecular weight is 482 g/mol. The number of carbonyl (C=O) groups excluding carboxylic acids is 1. The van der Waals surface area contributed by atoms with Crippen LogP contribution in [0.15, 0.2) is 36.4 Å². The fourth-order valence-corrected chi connectivity index (χ4v) is 4.98. The zero-order chi connectivity index (χ0) is 24.2. The van der Waals surface area contributed by atoms with Gasteiger partial charge in [0.15, 0.2) is 11.5 Å². The molecule has 2 aromatic rings. The SMILES string of the molecule is COc1cc(C(=O)N2CCC(CCCS(=O)(=O)O)(c3ccccc3F)C2)cc(OC)c1OC. The summed E-state index contributed by atoms with van der Waals surface area (Å²) in [6.45, 7) is 0.560. The lowest BCUT2D eigenvalue weighted by atomic mass is 9.76. The molecule has 1 fully saturated rings. The summed E-state index contributed by atoms with van der Waals surface area (Å²) in [5, 5.41) is 0.